The number of allylic oxidation sites excluding steroid dienone is 2. The van der Waals surface area contributed by atoms with Crippen molar-refractivity contribution in [2.45, 2.75) is 64.5 Å². The van der Waals surface area contributed by atoms with Crippen LogP contribution in [0.5, 0.6) is 0 Å². The van der Waals surface area contributed by atoms with E-state index in [2.05, 4.69) is 10.6 Å². The lowest BCUT2D eigenvalue weighted by molar-refractivity contribution is -0.161. The molecule has 3 atom stereocenters. The Balaban J connectivity index is 2.21. The summed E-state index contributed by atoms with van der Waals surface area (Å²) in [6.07, 6.45) is 4.25. The topological polar surface area (TPSA) is 131 Å². The van der Waals surface area contributed by atoms with Gasteiger partial charge in [-0.2, -0.15) is 0 Å². The van der Waals surface area contributed by atoms with Crippen LogP contribution in [0.15, 0.2) is 42.5 Å². The molecule has 2 rings (SSSR count). The molecule has 1 aliphatic heterocycles. The van der Waals surface area contributed by atoms with Crippen LogP contribution < -0.4 is 10.6 Å². The Hall–Kier alpha value is -3.20. The number of aliphatic hydroxyl groups is 1. The second-order valence-electron chi connectivity index (χ2n) is 9.93. The maximum Gasteiger partial charge on any atom is 0.309 e. The summed E-state index contributed by atoms with van der Waals surface area (Å²) in [6.45, 7) is 5.14. The Labute approximate surface area is 212 Å². The smallest absolute Gasteiger partial charge is 0.309 e. The quantitative estimate of drug-likeness (QED) is 0.366. The Morgan fingerprint density at radius 2 is 1.75 bits per heavy atom. The normalized spacial score (nSPS) is 22.3. The van der Waals surface area contributed by atoms with Crippen LogP contribution in [-0.4, -0.2) is 60.3 Å². The van der Waals surface area contributed by atoms with Gasteiger partial charge in [0.15, 0.2) is 0 Å². The number of benzene rings is 1. The van der Waals surface area contributed by atoms with E-state index in [4.69, 9.17) is 14.6 Å². The van der Waals surface area contributed by atoms with Crippen molar-refractivity contribution in [3.05, 3.63) is 48.0 Å². The highest BCUT2D eigenvalue weighted by molar-refractivity contribution is 5.86. The first-order valence-corrected chi connectivity index (χ1v) is 12.3. The summed E-state index contributed by atoms with van der Waals surface area (Å²) in [6, 6.07) is 8.97. The highest BCUT2D eigenvalue weighted by Crippen LogP contribution is 2.19. The van der Waals surface area contributed by atoms with Gasteiger partial charge in [-0.3, -0.25) is 19.2 Å². The van der Waals surface area contributed by atoms with E-state index < -0.39 is 35.4 Å². The molecule has 0 aliphatic carbocycles. The fourth-order valence-electron chi connectivity index (χ4n) is 3.81. The van der Waals surface area contributed by atoms with Crippen molar-refractivity contribution in [3.63, 3.8) is 0 Å². The van der Waals surface area contributed by atoms with Crippen molar-refractivity contribution in [1.82, 2.24) is 10.6 Å². The zero-order valence-electron chi connectivity index (χ0n) is 21.3. The molecule has 198 valence electrons. The minimum absolute atomic E-state index is 0.0463. The lowest BCUT2D eigenvalue weighted by Crippen LogP contribution is -2.45. The summed E-state index contributed by atoms with van der Waals surface area (Å²) in [4.78, 5) is 50.6. The summed E-state index contributed by atoms with van der Waals surface area (Å²) in [5.74, 6) is -3.04. The summed E-state index contributed by atoms with van der Waals surface area (Å²) < 4.78 is 10.9. The molecular weight excluding hydrogens is 464 g/mol. The number of hydrogen-bond donors (Lipinski definition) is 3. The van der Waals surface area contributed by atoms with E-state index in [-0.39, 0.29) is 57.3 Å². The SMILES string of the molecule is CC(C)(C)OC(=O)C[C@H]1C/C=C\C[C@@H](CC(=O)NCCO)C(=O)N[C@H](Cc2ccccc2)COC1=O. The van der Waals surface area contributed by atoms with Crippen LogP contribution in [0.2, 0.25) is 0 Å². The van der Waals surface area contributed by atoms with Crippen molar-refractivity contribution in [1.29, 1.82) is 0 Å². The van der Waals surface area contributed by atoms with Crippen LogP contribution in [0, 0.1) is 11.8 Å². The van der Waals surface area contributed by atoms with Crippen molar-refractivity contribution in [2.24, 2.45) is 11.8 Å². The van der Waals surface area contributed by atoms with Gasteiger partial charge in [0.05, 0.1) is 30.9 Å². The summed E-state index contributed by atoms with van der Waals surface area (Å²) >= 11 is 0. The van der Waals surface area contributed by atoms with Crippen LogP contribution in [0.4, 0.5) is 0 Å². The third-order valence-corrected chi connectivity index (χ3v) is 5.51. The Morgan fingerprint density at radius 1 is 1.08 bits per heavy atom. The van der Waals surface area contributed by atoms with Crippen LogP contribution in [0.3, 0.4) is 0 Å². The van der Waals surface area contributed by atoms with Gasteiger partial charge in [-0.05, 0) is 45.6 Å². The monoisotopic (exact) mass is 502 g/mol. The number of rotatable bonds is 8. The summed E-state index contributed by atoms with van der Waals surface area (Å²) in [5.41, 5.74) is 0.283. The van der Waals surface area contributed by atoms with Gasteiger partial charge < -0.3 is 25.2 Å². The first-order valence-electron chi connectivity index (χ1n) is 12.3. The lowest BCUT2D eigenvalue weighted by atomic mass is 9.96. The van der Waals surface area contributed by atoms with Gasteiger partial charge in [0, 0.05) is 13.0 Å². The van der Waals surface area contributed by atoms with Gasteiger partial charge in [-0.25, -0.2) is 0 Å². The van der Waals surface area contributed by atoms with Gasteiger partial charge in [0.25, 0.3) is 0 Å². The predicted molar refractivity (Wildman–Crippen MR) is 134 cm³/mol. The van der Waals surface area contributed by atoms with Crippen LogP contribution >= 0.6 is 0 Å². The number of nitrogens with one attached hydrogen (secondary N) is 2. The first kappa shape index (κ1) is 29.0. The molecule has 0 aromatic heterocycles. The number of hydrogen-bond acceptors (Lipinski definition) is 7. The second-order valence-corrected chi connectivity index (χ2v) is 9.93. The Bertz CT molecular complexity index is 908. The molecule has 0 fully saturated rings. The molecule has 3 N–H and O–H groups in total. The summed E-state index contributed by atoms with van der Waals surface area (Å²) in [7, 11) is 0. The van der Waals surface area contributed by atoms with Crippen LogP contribution in [0.1, 0.15) is 52.0 Å². The van der Waals surface area contributed by atoms with Gasteiger partial charge in [-0.15, -0.1) is 0 Å². The molecule has 0 unspecified atom stereocenters. The third kappa shape index (κ3) is 11.0. The molecule has 0 radical (unpaired) electrons. The van der Waals surface area contributed by atoms with Crippen molar-refractivity contribution < 1.29 is 33.8 Å². The van der Waals surface area contributed by atoms with Crippen LogP contribution in [0.25, 0.3) is 0 Å². The first-order chi connectivity index (χ1) is 17.1. The minimum atomic E-state index is -0.727. The predicted octanol–water partition coefficient (Wildman–Crippen LogP) is 2.07. The van der Waals surface area contributed by atoms with E-state index >= 15 is 0 Å². The molecule has 9 nitrogen and oxygen atoms in total. The average molecular weight is 503 g/mol. The standard InChI is InChI=1S/C27H38N2O7/c1-27(2,3)36-24(32)17-21-12-8-7-11-20(16-23(31)28-13-14-30)25(33)29-22(18-35-26(21)34)15-19-9-5-4-6-10-19/h4-10,20-22,30H,11-18H2,1-3H3,(H,28,31)(H,29,33)/b8-7-/t20-,21+,22+/m0/s1. The Morgan fingerprint density at radius 3 is 2.39 bits per heavy atom. The number of esters is 2. The molecular formula is C27H38N2O7. The van der Waals surface area contributed by atoms with Gasteiger partial charge in [0.1, 0.15) is 12.2 Å². The molecule has 0 saturated carbocycles. The van der Waals surface area contributed by atoms with E-state index in [1.807, 2.05) is 30.3 Å². The van der Waals surface area contributed by atoms with Crippen molar-refractivity contribution in [2.75, 3.05) is 19.8 Å². The maximum atomic E-state index is 13.1. The molecule has 1 heterocycles. The molecule has 0 bridgehead atoms. The third-order valence-electron chi connectivity index (χ3n) is 5.51. The number of carbonyl (C=O) groups is 4. The zero-order valence-corrected chi connectivity index (χ0v) is 21.3. The minimum Gasteiger partial charge on any atom is -0.463 e. The van der Waals surface area contributed by atoms with E-state index in [9.17, 15) is 19.2 Å². The van der Waals surface area contributed by atoms with E-state index in [1.165, 1.54) is 0 Å². The molecule has 0 spiro atoms. The fraction of sp³-hybridized carbons (Fsp3) is 0.556. The summed E-state index contributed by atoms with van der Waals surface area (Å²) in [5, 5.41) is 14.5. The largest absolute Gasteiger partial charge is 0.463 e. The average Bonchev–Trinajstić information content (AvgIpc) is 2.80. The molecule has 36 heavy (non-hydrogen) atoms. The Kier molecular flexibility index (Phi) is 11.6. The van der Waals surface area contributed by atoms with E-state index in [0.29, 0.717) is 6.42 Å². The van der Waals surface area contributed by atoms with Crippen molar-refractivity contribution >= 4 is 23.8 Å². The van der Waals surface area contributed by atoms with E-state index in [0.717, 1.165) is 5.56 Å². The highest BCUT2D eigenvalue weighted by atomic mass is 16.6. The highest BCUT2D eigenvalue weighted by Gasteiger charge is 2.29. The molecule has 0 saturated heterocycles. The molecule has 9 heteroatoms. The van der Waals surface area contributed by atoms with E-state index in [1.54, 1.807) is 32.9 Å². The maximum absolute atomic E-state index is 13.1. The van der Waals surface area contributed by atoms with Crippen molar-refractivity contribution in [3.8, 4) is 0 Å². The zero-order chi connectivity index (χ0) is 26.6. The van der Waals surface area contributed by atoms with Gasteiger partial charge in [-0.1, -0.05) is 42.5 Å². The lowest BCUT2D eigenvalue weighted by Gasteiger charge is -2.25. The van der Waals surface area contributed by atoms with Gasteiger partial charge in [0.2, 0.25) is 11.8 Å². The molecule has 1 aromatic carbocycles. The molecule has 2 amide bonds. The molecule has 1 aliphatic rings. The fourth-order valence-corrected chi connectivity index (χ4v) is 3.81. The van der Waals surface area contributed by atoms with Gasteiger partial charge >= 0.3 is 11.9 Å². The number of ether oxygens (including phenoxy) is 2. The molecule has 1 aromatic rings. The second kappa shape index (κ2) is 14.4. The number of carbonyl (C=O) groups excluding carboxylic acids is 4. The number of cyclic esters (lactones) is 1. The number of aliphatic hydroxyl groups excluding tert-OH is 1. The van der Waals surface area contributed by atoms with Crippen LogP contribution in [-0.2, 0) is 35.1 Å². The number of amides is 2.